The Hall–Kier alpha value is -2.50. The van der Waals surface area contributed by atoms with E-state index in [0.717, 1.165) is 0 Å². The van der Waals surface area contributed by atoms with Crippen LogP contribution >= 0.6 is 0 Å². The minimum absolute atomic E-state index is 0.123. The SMILES string of the molecule is C=CCC(=O)OC(=O)/C=C\C(=O)OC(=O)CC=C. The van der Waals surface area contributed by atoms with Crippen LogP contribution in [0.5, 0.6) is 0 Å². The normalized spacial score (nSPS) is 9.56. The van der Waals surface area contributed by atoms with E-state index in [4.69, 9.17) is 0 Å². The molecule has 0 saturated heterocycles. The van der Waals surface area contributed by atoms with Crippen LogP contribution in [0.15, 0.2) is 37.5 Å². The van der Waals surface area contributed by atoms with Crippen molar-refractivity contribution in [2.24, 2.45) is 0 Å². The van der Waals surface area contributed by atoms with Gasteiger partial charge < -0.3 is 9.47 Å². The maximum Gasteiger partial charge on any atom is 0.338 e. The Kier molecular flexibility index (Phi) is 7.43. The zero-order chi connectivity index (χ0) is 14.0. The Bertz CT molecular complexity index is 367. The van der Waals surface area contributed by atoms with Crippen LogP contribution in [0.25, 0.3) is 0 Å². The maximum atomic E-state index is 11.0. The van der Waals surface area contributed by atoms with Crippen molar-refractivity contribution >= 4 is 23.9 Å². The van der Waals surface area contributed by atoms with Crippen molar-refractivity contribution in [3.63, 3.8) is 0 Å². The highest BCUT2D eigenvalue weighted by Crippen LogP contribution is 1.92. The molecule has 6 heteroatoms. The molecule has 0 atom stereocenters. The molecule has 0 fully saturated rings. The van der Waals surface area contributed by atoms with Crippen LogP contribution in [0.1, 0.15) is 12.8 Å². The van der Waals surface area contributed by atoms with Crippen molar-refractivity contribution in [1.29, 1.82) is 0 Å². The third-order valence-electron chi connectivity index (χ3n) is 1.41. The minimum Gasteiger partial charge on any atom is -0.390 e. The third-order valence-corrected chi connectivity index (χ3v) is 1.41. The molecule has 18 heavy (non-hydrogen) atoms. The van der Waals surface area contributed by atoms with Gasteiger partial charge in [-0.15, -0.1) is 13.2 Å². The number of esters is 4. The molecule has 0 spiro atoms. The number of carbonyl (C=O) groups excluding carboxylic acids is 4. The third kappa shape index (κ3) is 7.75. The van der Waals surface area contributed by atoms with Gasteiger partial charge in [-0.05, 0) is 0 Å². The second-order valence-corrected chi connectivity index (χ2v) is 2.91. The standard InChI is InChI=1S/C12H12O6/c1-3-5-9(13)17-11(15)7-8-12(16)18-10(14)6-4-2/h3-4,7-8H,1-2,5-6H2/b8-7-. The summed E-state index contributed by atoms with van der Waals surface area (Å²) in [4.78, 5) is 43.6. The Balaban J connectivity index is 4.13. The first-order valence-corrected chi connectivity index (χ1v) is 4.88. The van der Waals surface area contributed by atoms with Gasteiger partial charge in [-0.25, -0.2) is 9.59 Å². The second-order valence-electron chi connectivity index (χ2n) is 2.91. The summed E-state index contributed by atoms with van der Waals surface area (Å²) in [5, 5.41) is 0. The second kappa shape index (κ2) is 8.63. The van der Waals surface area contributed by atoms with Crippen LogP contribution in [0.2, 0.25) is 0 Å². The molecule has 0 heterocycles. The number of hydrogen-bond acceptors (Lipinski definition) is 6. The van der Waals surface area contributed by atoms with E-state index in [9.17, 15) is 19.2 Å². The molecule has 0 bridgehead atoms. The predicted octanol–water partition coefficient (Wildman–Crippen LogP) is 0.834. The lowest BCUT2D eigenvalue weighted by atomic mass is 10.4. The molecule has 0 amide bonds. The molecule has 0 radical (unpaired) electrons. The smallest absolute Gasteiger partial charge is 0.338 e. The van der Waals surface area contributed by atoms with E-state index in [0.29, 0.717) is 12.2 Å². The molecule has 0 aliphatic rings. The molecule has 0 unspecified atom stereocenters. The average Bonchev–Trinajstić information content (AvgIpc) is 2.27. The molecule has 0 aliphatic heterocycles. The molecule has 0 N–H and O–H groups in total. The topological polar surface area (TPSA) is 86.7 Å². The number of rotatable bonds is 6. The van der Waals surface area contributed by atoms with Gasteiger partial charge in [0.25, 0.3) is 0 Å². The molecule has 0 aromatic rings. The molecule has 96 valence electrons. The first kappa shape index (κ1) is 15.5. The van der Waals surface area contributed by atoms with Crippen molar-refractivity contribution in [2.75, 3.05) is 0 Å². The number of ether oxygens (including phenoxy) is 2. The van der Waals surface area contributed by atoms with Crippen LogP contribution in [-0.4, -0.2) is 23.9 Å². The van der Waals surface area contributed by atoms with Crippen LogP contribution in [0, 0.1) is 0 Å². The number of carbonyl (C=O) groups is 4. The van der Waals surface area contributed by atoms with Crippen molar-refractivity contribution in [1.82, 2.24) is 0 Å². The van der Waals surface area contributed by atoms with Gasteiger partial charge in [0.15, 0.2) is 0 Å². The first-order valence-electron chi connectivity index (χ1n) is 4.88. The zero-order valence-electron chi connectivity index (χ0n) is 9.59. The highest BCUT2D eigenvalue weighted by molar-refractivity contribution is 5.99. The van der Waals surface area contributed by atoms with Crippen LogP contribution in [0.4, 0.5) is 0 Å². The van der Waals surface area contributed by atoms with Gasteiger partial charge in [0.1, 0.15) is 0 Å². The zero-order valence-corrected chi connectivity index (χ0v) is 9.59. The molecule has 0 aliphatic carbocycles. The summed E-state index contributed by atoms with van der Waals surface area (Å²) in [7, 11) is 0. The maximum absolute atomic E-state index is 11.0. The summed E-state index contributed by atoms with van der Waals surface area (Å²) in [6, 6.07) is 0. The lowest BCUT2D eigenvalue weighted by molar-refractivity contribution is -0.158. The summed E-state index contributed by atoms with van der Waals surface area (Å²) < 4.78 is 8.50. The van der Waals surface area contributed by atoms with Crippen LogP contribution in [-0.2, 0) is 28.7 Å². The van der Waals surface area contributed by atoms with E-state index in [1.165, 1.54) is 12.2 Å². The Labute approximate surface area is 104 Å². The van der Waals surface area contributed by atoms with Gasteiger partial charge in [0, 0.05) is 12.2 Å². The van der Waals surface area contributed by atoms with Gasteiger partial charge >= 0.3 is 23.9 Å². The lowest BCUT2D eigenvalue weighted by Crippen LogP contribution is -2.11. The monoisotopic (exact) mass is 252 g/mol. The van der Waals surface area contributed by atoms with Gasteiger partial charge in [0.05, 0.1) is 12.8 Å². The highest BCUT2D eigenvalue weighted by atomic mass is 16.6. The Morgan fingerprint density at radius 3 is 1.39 bits per heavy atom. The molecule has 0 aromatic carbocycles. The van der Waals surface area contributed by atoms with Gasteiger partial charge in [-0.3, -0.25) is 9.59 Å². The van der Waals surface area contributed by atoms with Crippen LogP contribution < -0.4 is 0 Å². The van der Waals surface area contributed by atoms with Crippen molar-refractivity contribution in [2.45, 2.75) is 12.8 Å². The Morgan fingerprint density at radius 1 is 0.778 bits per heavy atom. The van der Waals surface area contributed by atoms with Crippen molar-refractivity contribution in [3.8, 4) is 0 Å². The number of hydrogen-bond donors (Lipinski definition) is 0. The molecule has 0 aromatic heterocycles. The minimum atomic E-state index is -1.03. The largest absolute Gasteiger partial charge is 0.390 e. The molecule has 6 nitrogen and oxygen atoms in total. The summed E-state index contributed by atoms with van der Waals surface area (Å²) >= 11 is 0. The van der Waals surface area contributed by atoms with Crippen molar-refractivity contribution < 1.29 is 28.7 Å². The summed E-state index contributed by atoms with van der Waals surface area (Å²) in [6.45, 7) is 6.56. The lowest BCUT2D eigenvalue weighted by Gasteiger charge is -1.97. The van der Waals surface area contributed by atoms with E-state index in [-0.39, 0.29) is 12.8 Å². The average molecular weight is 252 g/mol. The predicted molar refractivity (Wildman–Crippen MR) is 61.0 cm³/mol. The van der Waals surface area contributed by atoms with Gasteiger partial charge in [-0.1, -0.05) is 12.2 Å². The molecule has 0 saturated carbocycles. The molecular formula is C12H12O6. The quantitative estimate of drug-likeness (QED) is 0.301. The van der Waals surface area contributed by atoms with E-state index >= 15 is 0 Å². The van der Waals surface area contributed by atoms with E-state index < -0.39 is 23.9 Å². The fourth-order valence-corrected chi connectivity index (χ4v) is 0.748. The highest BCUT2D eigenvalue weighted by Gasteiger charge is 2.08. The van der Waals surface area contributed by atoms with Gasteiger partial charge in [0.2, 0.25) is 0 Å². The molecule has 0 rings (SSSR count). The fraction of sp³-hybridized carbons (Fsp3) is 0.167. The van der Waals surface area contributed by atoms with Crippen LogP contribution in [0.3, 0.4) is 0 Å². The van der Waals surface area contributed by atoms with Crippen molar-refractivity contribution in [3.05, 3.63) is 37.5 Å². The van der Waals surface area contributed by atoms with Gasteiger partial charge in [-0.2, -0.15) is 0 Å². The summed E-state index contributed by atoms with van der Waals surface area (Å²) in [5.41, 5.74) is 0. The summed E-state index contributed by atoms with van der Waals surface area (Å²) in [6.07, 6.45) is 3.65. The summed E-state index contributed by atoms with van der Waals surface area (Å²) in [5.74, 6) is -3.66. The Morgan fingerprint density at radius 2 is 1.11 bits per heavy atom. The van der Waals surface area contributed by atoms with E-state index in [1.54, 1.807) is 0 Å². The molecular weight excluding hydrogens is 240 g/mol. The fourth-order valence-electron chi connectivity index (χ4n) is 0.748. The van der Waals surface area contributed by atoms with E-state index in [2.05, 4.69) is 22.6 Å². The first-order chi connectivity index (χ1) is 8.49. The van der Waals surface area contributed by atoms with E-state index in [1.807, 2.05) is 0 Å².